The molecular weight excluding hydrogens is 558 g/mol. The summed E-state index contributed by atoms with van der Waals surface area (Å²) in [5.74, 6) is -0.414. The summed E-state index contributed by atoms with van der Waals surface area (Å²) in [6.45, 7) is 8.22. The number of hydrogen-bond acceptors (Lipinski definition) is 7. The number of aliphatic carboxylic acids is 1. The molecular formula is C35H33N3O6. The van der Waals surface area contributed by atoms with Crippen molar-refractivity contribution in [3.63, 3.8) is 0 Å². The third-order valence-corrected chi connectivity index (χ3v) is 7.64. The van der Waals surface area contributed by atoms with Crippen LogP contribution in [0.5, 0.6) is 11.6 Å². The fourth-order valence-electron chi connectivity index (χ4n) is 5.72. The lowest BCUT2D eigenvalue weighted by molar-refractivity contribution is -0.160. The van der Waals surface area contributed by atoms with E-state index in [9.17, 15) is 14.7 Å². The van der Waals surface area contributed by atoms with Gasteiger partial charge in [-0.15, -0.1) is 0 Å². The number of rotatable bonds is 8. The lowest BCUT2D eigenvalue weighted by Crippen LogP contribution is -2.28. The van der Waals surface area contributed by atoms with Crippen LogP contribution in [-0.4, -0.2) is 39.2 Å². The molecule has 0 saturated heterocycles. The Morgan fingerprint density at radius 3 is 2.55 bits per heavy atom. The normalized spacial score (nSPS) is 13.5. The summed E-state index contributed by atoms with van der Waals surface area (Å²) in [6.07, 6.45) is 1.31. The summed E-state index contributed by atoms with van der Waals surface area (Å²) in [5, 5.41) is 12.1. The lowest BCUT2D eigenvalue weighted by Gasteiger charge is -2.29. The highest BCUT2D eigenvalue weighted by atomic mass is 16.5. The molecule has 0 saturated carbocycles. The van der Waals surface area contributed by atoms with Gasteiger partial charge in [-0.2, -0.15) is 0 Å². The first kappa shape index (κ1) is 29.1. The molecule has 224 valence electrons. The van der Waals surface area contributed by atoms with Crippen molar-refractivity contribution in [2.24, 2.45) is 5.73 Å². The average molecular weight is 592 g/mol. The van der Waals surface area contributed by atoms with E-state index in [2.05, 4.69) is 0 Å². The first-order valence-corrected chi connectivity index (χ1v) is 14.4. The summed E-state index contributed by atoms with van der Waals surface area (Å²) in [7, 11) is 0. The van der Waals surface area contributed by atoms with E-state index in [0.29, 0.717) is 40.3 Å². The van der Waals surface area contributed by atoms with Gasteiger partial charge in [0.25, 0.3) is 0 Å². The van der Waals surface area contributed by atoms with E-state index >= 15 is 0 Å². The van der Waals surface area contributed by atoms with Crippen molar-refractivity contribution in [3.8, 4) is 22.8 Å². The Kier molecular flexibility index (Phi) is 7.43. The van der Waals surface area contributed by atoms with Gasteiger partial charge in [0.15, 0.2) is 6.10 Å². The van der Waals surface area contributed by atoms with Gasteiger partial charge in [-0.05, 0) is 92.4 Å². The predicted molar refractivity (Wildman–Crippen MR) is 167 cm³/mol. The summed E-state index contributed by atoms with van der Waals surface area (Å²) >= 11 is 0. The van der Waals surface area contributed by atoms with Crippen molar-refractivity contribution in [3.05, 3.63) is 94.7 Å². The molecule has 1 aliphatic heterocycles. The minimum absolute atomic E-state index is 0.237. The summed E-state index contributed by atoms with van der Waals surface area (Å²) in [6, 6.07) is 18.3. The van der Waals surface area contributed by atoms with Gasteiger partial charge >= 0.3 is 5.97 Å². The molecule has 5 aromatic rings. The second-order valence-electron chi connectivity index (χ2n) is 11.9. The minimum Gasteiger partial charge on any atom is -0.493 e. The molecule has 3 aromatic carbocycles. The molecule has 9 heteroatoms. The molecule has 1 aliphatic rings. The number of aryl methyl sites for hydroxylation is 1. The Hall–Kier alpha value is -5.02. The molecule has 0 radical (unpaired) electrons. The highest BCUT2D eigenvalue weighted by Gasteiger charge is 2.33. The molecule has 9 nitrogen and oxygen atoms in total. The number of hydrogen-bond donors (Lipinski definition) is 2. The number of ether oxygens (including phenoxy) is 3. The topological polar surface area (TPSA) is 134 Å². The van der Waals surface area contributed by atoms with E-state index in [1.165, 1.54) is 0 Å². The molecule has 2 aromatic heterocycles. The Labute approximate surface area is 254 Å². The molecule has 3 heterocycles. The zero-order valence-corrected chi connectivity index (χ0v) is 25.0. The minimum atomic E-state index is -1.24. The number of benzene rings is 3. The number of primary amides is 1. The van der Waals surface area contributed by atoms with Crippen molar-refractivity contribution in [2.75, 3.05) is 6.61 Å². The Bertz CT molecular complexity index is 1920. The van der Waals surface area contributed by atoms with Gasteiger partial charge in [0, 0.05) is 46.1 Å². The fourth-order valence-corrected chi connectivity index (χ4v) is 5.72. The van der Waals surface area contributed by atoms with Crippen LogP contribution in [0.15, 0.2) is 66.9 Å². The van der Waals surface area contributed by atoms with Crippen molar-refractivity contribution in [1.82, 2.24) is 9.97 Å². The van der Waals surface area contributed by atoms with Gasteiger partial charge in [-0.25, -0.2) is 9.78 Å². The quantitative estimate of drug-likeness (QED) is 0.214. The molecule has 6 rings (SSSR count). The SMILES string of the molecule is Cc1cc2nc(OCc3ccc(C(N)=O)cc3)ccc2c(-c2ccc3c4c(ccnc24)CCO3)c1C(OC(C)(C)C)C(=O)O. The number of pyridine rings is 2. The second-order valence-corrected chi connectivity index (χ2v) is 11.9. The Balaban J connectivity index is 1.52. The number of carboxylic acid groups (broad SMARTS) is 1. The van der Waals surface area contributed by atoms with Crippen LogP contribution in [0.25, 0.3) is 32.9 Å². The number of aromatic nitrogens is 2. The predicted octanol–water partition coefficient (Wildman–Crippen LogP) is 6.31. The molecule has 1 atom stereocenters. The van der Waals surface area contributed by atoms with Crippen molar-refractivity contribution in [1.29, 1.82) is 0 Å². The number of nitrogens with two attached hydrogens (primary N) is 1. The van der Waals surface area contributed by atoms with Gasteiger partial charge in [0.05, 0.1) is 23.2 Å². The van der Waals surface area contributed by atoms with Crippen LogP contribution in [0.4, 0.5) is 0 Å². The van der Waals surface area contributed by atoms with Crippen LogP contribution in [0.2, 0.25) is 0 Å². The number of nitrogens with zero attached hydrogens (tertiary/aromatic N) is 2. The number of fused-ring (bicyclic) bond motifs is 1. The molecule has 3 N–H and O–H groups in total. The van der Waals surface area contributed by atoms with Crippen molar-refractivity contribution < 1.29 is 28.9 Å². The standard InChI is InChI=1S/C35H33N3O6/c1-19-17-25-23(10-12-27(38-25)43-18-20-5-7-22(8-6-20)33(36)39)30(28(19)32(34(40)41)44-35(2,3)4)24-9-11-26-29-21(14-16-42-26)13-15-37-31(24)29/h5-13,15,17,32H,14,16,18H2,1-4H3,(H2,36,39)(H,40,41). The molecule has 0 aliphatic carbocycles. The summed E-state index contributed by atoms with van der Waals surface area (Å²) in [4.78, 5) is 33.8. The molecule has 1 unspecified atom stereocenters. The zero-order chi connectivity index (χ0) is 31.2. The second kappa shape index (κ2) is 11.2. The maximum atomic E-state index is 12.8. The van der Waals surface area contributed by atoms with E-state index in [0.717, 1.165) is 45.1 Å². The average Bonchev–Trinajstić information content (AvgIpc) is 2.98. The van der Waals surface area contributed by atoms with Gasteiger partial charge in [-0.3, -0.25) is 9.78 Å². The van der Waals surface area contributed by atoms with Gasteiger partial charge in [0.2, 0.25) is 11.8 Å². The lowest BCUT2D eigenvalue weighted by atomic mass is 9.86. The van der Waals surface area contributed by atoms with E-state index in [4.69, 9.17) is 29.9 Å². The smallest absolute Gasteiger partial charge is 0.337 e. The van der Waals surface area contributed by atoms with Crippen LogP contribution in [0.1, 0.15) is 59.5 Å². The number of carbonyl (C=O) groups excluding carboxylic acids is 1. The first-order chi connectivity index (χ1) is 21.0. The largest absolute Gasteiger partial charge is 0.493 e. The van der Waals surface area contributed by atoms with Crippen LogP contribution in [-0.2, 0) is 22.6 Å². The highest BCUT2D eigenvalue weighted by Crippen LogP contribution is 2.45. The number of amides is 1. The van der Waals surface area contributed by atoms with Gasteiger partial charge in [-0.1, -0.05) is 12.1 Å². The maximum Gasteiger partial charge on any atom is 0.337 e. The summed E-state index contributed by atoms with van der Waals surface area (Å²) < 4.78 is 18.2. The third kappa shape index (κ3) is 5.54. The van der Waals surface area contributed by atoms with Gasteiger partial charge in [0.1, 0.15) is 12.4 Å². The van der Waals surface area contributed by atoms with E-state index in [1.807, 2.05) is 58.0 Å². The van der Waals surface area contributed by atoms with Crippen LogP contribution >= 0.6 is 0 Å². The molecule has 0 bridgehead atoms. The highest BCUT2D eigenvalue weighted by molar-refractivity contribution is 6.08. The molecule has 0 spiro atoms. The number of carbonyl (C=O) groups is 2. The number of carboxylic acids is 1. The monoisotopic (exact) mass is 591 g/mol. The van der Waals surface area contributed by atoms with E-state index < -0.39 is 23.6 Å². The Morgan fingerprint density at radius 1 is 1.07 bits per heavy atom. The van der Waals surface area contributed by atoms with Crippen molar-refractivity contribution in [2.45, 2.75) is 52.4 Å². The van der Waals surface area contributed by atoms with Crippen LogP contribution in [0, 0.1) is 6.92 Å². The molecule has 0 fully saturated rings. The van der Waals surface area contributed by atoms with Crippen LogP contribution in [0.3, 0.4) is 0 Å². The fraction of sp³-hybridized carbons (Fsp3) is 0.257. The summed E-state index contributed by atoms with van der Waals surface area (Å²) in [5.41, 5.74) is 11.1. The maximum absolute atomic E-state index is 12.8. The van der Waals surface area contributed by atoms with E-state index in [-0.39, 0.29) is 6.61 Å². The molecule has 44 heavy (non-hydrogen) atoms. The van der Waals surface area contributed by atoms with Crippen molar-refractivity contribution >= 4 is 33.7 Å². The molecule has 1 amide bonds. The van der Waals surface area contributed by atoms with Crippen LogP contribution < -0.4 is 15.2 Å². The van der Waals surface area contributed by atoms with Gasteiger partial charge < -0.3 is 25.1 Å². The first-order valence-electron chi connectivity index (χ1n) is 14.4. The Morgan fingerprint density at radius 2 is 1.84 bits per heavy atom. The van der Waals surface area contributed by atoms with E-state index in [1.54, 1.807) is 36.5 Å². The third-order valence-electron chi connectivity index (χ3n) is 7.64. The zero-order valence-electron chi connectivity index (χ0n) is 25.0.